The molecule has 0 saturated carbocycles. The van der Waals surface area contributed by atoms with E-state index in [1.807, 2.05) is 6.92 Å². The van der Waals surface area contributed by atoms with E-state index in [-0.39, 0.29) is 19.7 Å². The van der Waals surface area contributed by atoms with Crippen molar-refractivity contribution in [3.05, 3.63) is 23.4 Å². The molecule has 2 rings (SSSR count). The molecule has 0 spiro atoms. The molecular formula is C10H12F2N2O. The van der Waals surface area contributed by atoms with Crippen LogP contribution < -0.4 is 4.90 Å². The summed E-state index contributed by atoms with van der Waals surface area (Å²) in [7, 11) is 0. The van der Waals surface area contributed by atoms with Gasteiger partial charge >= 0.3 is 0 Å². The Morgan fingerprint density at radius 1 is 1.53 bits per heavy atom. The molecule has 0 unspecified atom stereocenters. The molecule has 1 aromatic heterocycles. The number of hydrogen-bond acceptors (Lipinski definition) is 3. The number of pyridine rings is 1. The van der Waals surface area contributed by atoms with Crippen molar-refractivity contribution in [1.82, 2.24) is 4.98 Å². The maximum Gasteiger partial charge on any atom is 0.282 e. The number of aliphatic hydroxyl groups excluding tert-OH is 1. The number of halogens is 2. The van der Waals surface area contributed by atoms with Gasteiger partial charge < -0.3 is 10.0 Å². The van der Waals surface area contributed by atoms with Crippen LogP contribution in [-0.4, -0.2) is 29.1 Å². The molecule has 2 heterocycles. The number of alkyl halides is 2. The van der Waals surface area contributed by atoms with Crippen LogP contribution in [0, 0.1) is 6.92 Å². The average molecular weight is 214 g/mol. The zero-order valence-electron chi connectivity index (χ0n) is 8.37. The Balaban J connectivity index is 2.26. The molecule has 15 heavy (non-hydrogen) atoms. The molecule has 0 radical (unpaired) electrons. The highest BCUT2D eigenvalue weighted by Crippen LogP contribution is 2.33. The van der Waals surface area contributed by atoms with Crippen LogP contribution in [0.3, 0.4) is 0 Å². The number of aromatic nitrogens is 1. The Bertz CT molecular complexity index is 374. The van der Waals surface area contributed by atoms with Crippen molar-refractivity contribution in [3.8, 4) is 0 Å². The third-order valence-electron chi connectivity index (χ3n) is 2.57. The summed E-state index contributed by atoms with van der Waals surface area (Å²) in [5.41, 5.74) is 1.51. The molecule has 1 aliphatic rings. The fraction of sp³-hybridized carbons (Fsp3) is 0.500. The highest BCUT2D eigenvalue weighted by Gasteiger charge is 2.45. The Morgan fingerprint density at radius 2 is 2.20 bits per heavy atom. The lowest BCUT2D eigenvalue weighted by Crippen LogP contribution is -2.57. The zero-order chi connectivity index (χ0) is 11.1. The minimum atomic E-state index is -2.61. The number of aryl methyl sites for hydroxylation is 1. The fourth-order valence-corrected chi connectivity index (χ4v) is 1.70. The van der Waals surface area contributed by atoms with Crippen LogP contribution >= 0.6 is 0 Å². The molecule has 82 valence electrons. The summed E-state index contributed by atoms with van der Waals surface area (Å²) >= 11 is 0. The van der Waals surface area contributed by atoms with Gasteiger partial charge in [0.1, 0.15) is 5.82 Å². The normalized spacial score (nSPS) is 18.8. The summed E-state index contributed by atoms with van der Waals surface area (Å²) in [6, 6.07) is 1.76. The van der Waals surface area contributed by atoms with Crippen LogP contribution in [0.25, 0.3) is 0 Å². The largest absolute Gasteiger partial charge is 0.392 e. The van der Waals surface area contributed by atoms with Crippen molar-refractivity contribution in [3.63, 3.8) is 0 Å². The van der Waals surface area contributed by atoms with Gasteiger partial charge in [-0.05, 0) is 18.6 Å². The lowest BCUT2D eigenvalue weighted by molar-refractivity contribution is -0.0269. The first-order chi connectivity index (χ1) is 7.03. The summed E-state index contributed by atoms with van der Waals surface area (Å²) in [5, 5.41) is 9.14. The first kappa shape index (κ1) is 10.3. The van der Waals surface area contributed by atoms with Crippen molar-refractivity contribution >= 4 is 5.82 Å². The van der Waals surface area contributed by atoms with E-state index in [1.165, 1.54) is 4.90 Å². The molecule has 1 aromatic rings. The molecule has 0 aliphatic carbocycles. The van der Waals surface area contributed by atoms with E-state index >= 15 is 0 Å². The van der Waals surface area contributed by atoms with Crippen molar-refractivity contribution in [1.29, 1.82) is 0 Å². The molecule has 1 aliphatic heterocycles. The Kier molecular flexibility index (Phi) is 2.34. The van der Waals surface area contributed by atoms with Crippen LogP contribution in [0.1, 0.15) is 11.1 Å². The fourth-order valence-electron chi connectivity index (χ4n) is 1.70. The topological polar surface area (TPSA) is 36.4 Å². The van der Waals surface area contributed by atoms with Crippen LogP contribution in [0.15, 0.2) is 12.3 Å². The summed E-state index contributed by atoms with van der Waals surface area (Å²) < 4.78 is 25.4. The van der Waals surface area contributed by atoms with Gasteiger partial charge in [0.05, 0.1) is 19.7 Å². The standard InChI is InChI=1S/C10H12F2N2O/c1-7-2-3-13-9(8(7)4-15)14-5-10(11,12)6-14/h2-3,15H,4-6H2,1H3. The van der Waals surface area contributed by atoms with Gasteiger partial charge in [-0.3, -0.25) is 0 Å². The van der Waals surface area contributed by atoms with Crippen molar-refractivity contribution in [2.45, 2.75) is 19.5 Å². The molecule has 0 atom stereocenters. The highest BCUT2D eigenvalue weighted by atomic mass is 19.3. The van der Waals surface area contributed by atoms with E-state index in [1.54, 1.807) is 12.3 Å². The maximum atomic E-state index is 12.7. The van der Waals surface area contributed by atoms with E-state index in [0.717, 1.165) is 5.56 Å². The predicted octanol–water partition coefficient (Wildman–Crippen LogP) is 1.34. The monoisotopic (exact) mass is 214 g/mol. The van der Waals surface area contributed by atoms with Gasteiger partial charge in [0, 0.05) is 11.8 Å². The van der Waals surface area contributed by atoms with Crippen molar-refractivity contribution in [2.75, 3.05) is 18.0 Å². The number of anilines is 1. The second-order valence-corrected chi connectivity index (χ2v) is 3.80. The van der Waals surface area contributed by atoms with E-state index in [2.05, 4.69) is 4.98 Å². The Hall–Kier alpha value is -1.23. The van der Waals surface area contributed by atoms with Crippen molar-refractivity contribution < 1.29 is 13.9 Å². The first-order valence-electron chi connectivity index (χ1n) is 4.71. The van der Waals surface area contributed by atoms with Gasteiger partial charge in [-0.1, -0.05) is 0 Å². The lowest BCUT2D eigenvalue weighted by atomic mass is 10.1. The van der Waals surface area contributed by atoms with Gasteiger partial charge in [-0.25, -0.2) is 13.8 Å². The molecule has 0 aromatic carbocycles. The molecule has 0 amide bonds. The molecule has 1 fully saturated rings. The molecule has 5 heteroatoms. The average Bonchev–Trinajstić information content (AvgIpc) is 2.13. The Morgan fingerprint density at radius 3 is 2.73 bits per heavy atom. The minimum Gasteiger partial charge on any atom is -0.392 e. The maximum absolute atomic E-state index is 12.7. The van der Waals surface area contributed by atoms with E-state index in [4.69, 9.17) is 5.11 Å². The van der Waals surface area contributed by atoms with Gasteiger partial charge in [0.25, 0.3) is 5.92 Å². The molecule has 0 bridgehead atoms. The Labute approximate surface area is 86.4 Å². The van der Waals surface area contributed by atoms with Gasteiger partial charge in [0.2, 0.25) is 0 Å². The van der Waals surface area contributed by atoms with Gasteiger partial charge in [0.15, 0.2) is 0 Å². The van der Waals surface area contributed by atoms with Crippen LogP contribution in [-0.2, 0) is 6.61 Å². The van der Waals surface area contributed by atoms with Crippen LogP contribution in [0.4, 0.5) is 14.6 Å². The van der Waals surface area contributed by atoms with Crippen LogP contribution in [0.2, 0.25) is 0 Å². The molecule has 3 nitrogen and oxygen atoms in total. The van der Waals surface area contributed by atoms with Crippen molar-refractivity contribution in [2.24, 2.45) is 0 Å². The van der Waals surface area contributed by atoms with Gasteiger partial charge in [-0.15, -0.1) is 0 Å². The summed E-state index contributed by atoms with van der Waals surface area (Å²) in [6.45, 7) is 1.04. The predicted molar refractivity (Wildman–Crippen MR) is 52.1 cm³/mol. The summed E-state index contributed by atoms with van der Waals surface area (Å²) in [6.07, 6.45) is 1.57. The number of rotatable bonds is 2. The zero-order valence-corrected chi connectivity index (χ0v) is 8.37. The van der Waals surface area contributed by atoms with E-state index < -0.39 is 5.92 Å². The SMILES string of the molecule is Cc1ccnc(N2CC(F)(F)C2)c1CO. The highest BCUT2D eigenvalue weighted by molar-refractivity contribution is 5.52. The minimum absolute atomic E-state index is 0.170. The smallest absolute Gasteiger partial charge is 0.282 e. The van der Waals surface area contributed by atoms with Gasteiger partial charge in [-0.2, -0.15) is 0 Å². The van der Waals surface area contributed by atoms with E-state index in [9.17, 15) is 8.78 Å². The second kappa shape index (κ2) is 3.41. The summed E-state index contributed by atoms with van der Waals surface area (Å²) in [5.74, 6) is -2.14. The molecular weight excluding hydrogens is 202 g/mol. The number of aliphatic hydroxyl groups is 1. The second-order valence-electron chi connectivity index (χ2n) is 3.80. The quantitative estimate of drug-likeness (QED) is 0.807. The summed E-state index contributed by atoms with van der Waals surface area (Å²) in [4.78, 5) is 5.52. The van der Waals surface area contributed by atoms with Crippen LogP contribution in [0.5, 0.6) is 0 Å². The lowest BCUT2D eigenvalue weighted by Gasteiger charge is -2.40. The third kappa shape index (κ3) is 1.79. The first-order valence-corrected chi connectivity index (χ1v) is 4.71. The third-order valence-corrected chi connectivity index (χ3v) is 2.57. The molecule has 1 N–H and O–H groups in total. The number of nitrogens with zero attached hydrogens (tertiary/aromatic N) is 2. The molecule has 1 saturated heterocycles. The van der Waals surface area contributed by atoms with E-state index in [0.29, 0.717) is 11.4 Å². The number of hydrogen-bond donors (Lipinski definition) is 1.